The second-order valence-corrected chi connectivity index (χ2v) is 7.85. The zero-order valence-electron chi connectivity index (χ0n) is 18.8. The summed E-state index contributed by atoms with van der Waals surface area (Å²) in [6, 6.07) is 20.9. The topological polar surface area (TPSA) is 129 Å². The minimum absolute atomic E-state index is 0.171. The molecule has 3 aromatic heterocycles. The molecule has 4 N–H and O–H groups in total. The number of hydrogen-bond donors (Lipinski definition) is 4. The number of aromatic nitrogens is 3. The van der Waals surface area contributed by atoms with Crippen LogP contribution >= 0.6 is 0 Å². The van der Waals surface area contributed by atoms with Crippen molar-refractivity contribution in [2.75, 3.05) is 16.0 Å². The van der Waals surface area contributed by atoms with Gasteiger partial charge < -0.3 is 21.1 Å². The molecule has 5 rings (SSSR count). The molecule has 36 heavy (non-hydrogen) atoms. The Balaban J connectivity index is 1.25. The Morgan fingerprint density at radius 1 is 0.694 bits per heavy atom. The van der Waals surface area contributed by atoms with E-state index in [1.165, 1.54) is 6.07 Å². The van der Waals surface area contributed by atoms with Crippen LogP contribution < -0.4 is 16.0 Å². The first kappa shape index (κ1) is 22.5. The van der Waals surface area contributed by atoms with E-state index < -0.39 is 5.97 Å². The van der Waals surface area contributed by atoms with Gasteiger partial charge in [0, 0.05) is 46.7 Å². The fourth-order valence-electron chi connectivity index (χ4n) is 3.58. The van der Waals surface area contributed by atoms with Crippen molar-refractivity contribution in [3.8, 4) is 0 Å². The van der Waals surface area contributed by atoms with Gasteiger partial charge in [0.2, 0.25) is 0 Å². The van der Waals surface area contributed by atoms with Crippen LogP contribution in [0.25, 0.3) is 10.9 Å². The molecule has 0 atom stereocenters. The quantitative estimate of drug-likeness (QED) is 0.244. The smallest absolute Gasteiger partial charge is 0.335 e. The largest absolute Gasteiger partial charge is 0.478 e. The number of nitrogens with one attached hydrogen (secondary N) is 3. The number of carboxylic acids is 1. The van der Waals surface area contributed by atoms with Crippen molar-refractivity contribution in [1.29, 1.82) is 0 Å². The van der Waals surface area contributed by atoms with Gasteiger partial charge in [0.1, 0.15) is 5.69 Å². The summed E-state index contributed by atoms with van der Waals surface area (Å²) in [5, 5.41) is 19.3. The first-order valence-corrected chi connectivity index (χ1v) is 11.0. The molecule has 0 aliphatic carbocycles. The van der Waals surface area contributed by atoms with Crippen LogP contribution in [0.3, 0.4) is 0 Å². The number of nitrogens with zero attached hydrogens (tertiary/aromatic N) is 3. The lowest BCUT2D eigenvalue weighted by Crippen LogP contribution is -2.13. The maximum absolute atomic E-state index is 12.7. The number of pyridine rings is 3. The molecule has 9 nitrogen and oxygen atoms in total. The average molecular weight is 476 g/mol. The van der Waals surface area contributed by atoms with Gasteiger partial charge in [-0.1, -0.05) is 0 Å². The molecule has 0 bridgehead atoms. The van der Waals surface area contributed by atoms with Gasteiger partial charge in [-0.25, -0.2) is 9.78 Å². The van der Waals surface area contributed by atoms with E-state index >= 15 is 0 Å². The summed E-state index contributed by atoms with van der Waals surface area (Å²) in [6.45, 7) is 0. The Morgan fingerprint density at radius 3 is 2.14 bits per heavy atom. The summed E-state index contributed by atoms with van der Waals surface area (Å²) in [5.41, 5.74) is 4.86. The third-order valence-corrected chi connectivity index (χ3v) is 5.38. The molecule has 9 heteroatoms. The molecule has 0 spiro atoms. The fourth-order valence-corrected chi connectivity index (χ4v) is 3.58. The van der Waals surface area contributed by atoms with E-state index in [4.69, 9.17) is 0 Å². The Bertz CT molecular complexity index is 1540. The SMILES string of the molecule is O=C(O)c1ccc2nccc(Nc3ccc(C(=O)Nc4ccc(Nc5ccncc5)cc4)nc3)c2c1. The normalized spacial score (nSPS) is 10.6. The summed E-state index contributed by atoms with van der Waals surface area (Å²) in [6.07, 6.45) is 6.60. The number of carbonyl (C=O) groups excluding carboxylic acids is 1. The number of carbonyl (C=O) groups is 2. The van der Waals surface area contributed by atoms with E-state index in [0.29, 0.717) is 28.0 Å². The number of aromatic carboxylic acids is 1. The van der Waals surface area contributed by atoms with Crippen LogP contribution in [0.4, 0.5) is 28.4 Å². The molecule has 176 valence electrons. The third kappa shape index (κ3) is 5.10. The number of benzene rings is 2. The van der Waals surface area contributed by atoms with Crippen LogP contribution in [-0.2, 0) is 0 Å². The number of carboxylic acid groups (broad SMARTS) is 1. The Kier molecular flexibility index (Phi) is 6.18. The minimum atomic E-state index is -1.01. The predicted molar refractivity (Wildman–Crippen MR) is 138 cm³/mol. The number of rotatable bonds is 7. The van der Waals surface area contributed by atoms with Crippen molar-refractivity contribution < 1.29 is 14.7 Å². The maximum Gasteiger partial charge on any atom is 0.335 e. The highest BCUT2D eigenvalue weighted by Gasteiger charge is 2.10. The number of fused-ring (bicyclic) bond motifs is 1. The van der Waals surface area contributed by atoms with Crippen LogP contribution in [0.2, 0.25) is 0 Å². The number of anilines is 5. The van der Waals surface area contributed by atoms with Crippen LogP contribution in [0.1, 0.15) is 20.8 Å². The molecule has 0 radical (unpaired) electrons. The zero-order valence-corrected chi connectivity index (χ0v) is 18.8. The monoisotopic (exact) mass is 476 g/mol. The lowest BCUT2D eigenvalue weighted by molar-refractivity contribution is 0.0697. The van der Waals surface area contributed by atoms with Gasteiger partial charge in [-0.3, -0.25) is 14.8 Å². The molecular formula is C27H20N6O3. The summed E-state index contributed by atoms with van der Waals surface area (Å²) < 4.78 is 0. The molecule has 0 saturated carbocycles. The zero-order chi connectivity index (χ0) is 24.9. The van der Waals surface area contributed by atoms with Gasteiger partial charge >= 0.3 is 5.97 Å². The molecule has 0 unspecified atom stereocenters. The van der Waals surface area contributed by atoms with Gasteiger partial charge in [-0.2, -0.15) is 0 Å². The van der Waals surface area contributed by atoms with E-state index in [1.807, 2.05) is 24.3 Å². The maximum atomic E-state index is 12.7. The van der Waals surface area contributed by atoms with Crippen molar-refractivity contribution >= 4 is 51.2 Å². The fraction of sp³-hybridized carbons (Fsp3) is 0. The van der Waals surface area contributed by atoms with E-state index in [1.54, 1.807) is 67.3 Å². The molecule has 0 aliphatic heterocycles. The lowest BCUT2D eigenvalue weighted by Gasteiger charge is -2.11. The van der Waals surface area contributed by atoms with E-state index in [0.717, 1.165) is 11.4 Å². The van der Waals surface area contributed by atoms with Gasteiger partial charge in [0.05, 0.1) is 23.0 Å². The van der Waals surface area contributed by atoms with Crippen LogP contribution in [0.15, 0.2) is 97.6 Å². The first-order valence-electron chi connectivity index (χ1n) is 11.0. The first-order chi connectivity index (χ1) is 17.5. The minimum Gasteiger partial charge on any atom is -0.478 e. The second-order valence-electron chi connectivity index (χ2n) is 7.85. The van der Waals surface area contributed by atoms with E-state index in [9.17, 15) is 14.7 Å². The van der Waals surface area contributed by atoms with Crippen molar-refractivity contribution in [3.05, 3.63) is 109 Å². The number of amides is 1. The standard InChI is InChI=1S/C27H20N6O3/c34-26(33-19-4-2-18(3-5-19)31-20-9-12-28-13-10-20)25-8-6-21(16-30-25)32-24-11-14-29-23-7-1-17(27(35)36)15-22(23)24/h1-16H,(H,28,31)(H,29,32)(H,33,34)(H,35,36). The summed E-state index contributed by atoms with van der Waals surface area (Å²) >= 11 is 0. The summed E-state index contributed by atoms with van der Waals surface area (Å²) in [7, 11) is 0. The second kappa shape index (κ2) is 9.90. The Morgan fingerprint density at radius 2 is 1.42 bits per heavy atom. The van der Waals surface area contributed by atoms with Gasteiger partial charge in [0.25, 0.3) is 5.91 Å². The molecule has 0 saturated heterocycles. The highest BCUT2D eigenvalue weighted by molar-refractivity contribution is 6.03. The average Bonchev–Trinajstić information content (AvgIpc) is 2.91. The summed E-state index contributed by atoms with van der Waals surface area (Å²) in [4.78, 5) is 36.5. The molecule has 3 heterocycles. The number of hydrogen-bond acceptors (Lipinski definition) is 7. The highest BCUT2D eigenvalue weighted by Crippen LogP contribution is 2.26. The molecule has 1 amide bonds. The van der Waals surface area contributed by atoms with Crippen LogP contribution in [0.5, 0.6) is 0 Å². The highest BCUT2D eigenvalue weighted by atomic mass is 16.4. The lowest BCUT2D eigenvalue weighted by atomic mass is 10.1. The van der Waals surface area contributed by atoms with Crippen LogP contribution in [-0.4, -0.2) is 31.9 Å². The molecule has 2 aromatic carbocycles. The Hall–Kier alpha value is -5.31. The Labute approximate surface area is 205 Å². The van der Waals surface area contributed by atoms with E-state index in [2.05, 4.69) is 30.9 Å². The molecular weight excluding hydrogens is 456 g/mol. The van der Waals surface area contributed by atoms with Crippen molar-refractivity contribution in [2.45, 2.75) is 0 Å². The molecule has 5 aromatic rings. The van der Waals surface area contributed by atoms with Gasteiger partial charge in [-0.15, -0.1) is 0 Å². The van der Waals surface area contributed by atoms with Crippen molar-refractivity contribution in [1.82, 2.24) is 15.0 Å². The van der Waals surface area contributed by atoms with E-state index in [-0.39, 0.29) is 17.2 Å². The van der Waals surface area contributed by atoms with Crippen molar-refractivity contribution in [2.24, 2.45) is 0 Å². The summed E-state index contributed by atoms with van der Waals surface area (Å²) in [5.74, 6) is -1.35. The van der Waals surface area contributed by atoms with Crippen LogP contribution in [0, 0.1) is 0 Å². The van der Waals surface area contributed by atoms with Crippen molar-refractivity contribution in [3.63, 3.8) is 0 Å². The molecule has 0 aliphatic rings. The molecule has 0 fully saturated rings. The van der Waals surface area contributed by atoms with Gasteiger partial charge in [-0.05, 0) is 72.8 Å². The van der Waals surface area contributed by atoms with Gasteiger partial charge in [0.15, 0.2) is 0 Å². The predicted octanol–water partition coefficient (Wildman–Crippen LogP) is 5.46. The third-order valence-electron chi connectivity index (χ3n) is 5.38.